The van der Waals surface area contributed by atoms with Crippen molar-refractivity contribution in [2.75, 3.05) is 7.11 Å². The highest BCUT2D eigenvalue weighted by Gasteiger charge is 1.98. The molecule has 0 aliphatic rings. The van der Waals surface area contributed by atoms with Gasteiger partial charge in [-0.3, -0.25) is 4.99 Å². The zero-order chi connectivity index (χ0) is 12.1. The summed E-state index contributed by atoms with van der Waals surface area (Å²) >= 11 is 0. The number of imidazole rings is 1. The van der Waals surface area contributed by atoms with Gasteiger partial charge in [0, 0.05) is 18.6 Å². The molecule has 2 rings (SSSR count). The number of rotatable bonds is 4. The van der Waals surface area contributed by atoms with E-state index in [1.165, 1.54) is 0 Å². The lowest BCUT2D eigenvalue weighted by molar-refractivity contribution is 0.416. The van der Waals surface area contributed by atoms with E-state index in [1.807, 2.05) is 48.2 Å². The Morgan fingerprint density at radius 3 is 2.94 bits per heavy atom. The first kappa shape index (κ1) is 11.4. The van der Waals surface area contributed by atoms with Crippen molar-refractivity contribution < 1.29 is 4.74 Å². The van der Waals surface area contributed by atoms with E-state index in [0.29, 0.717) is 6.54 Å². The molecule has 17 heavy (non-hydrogen) atoms. The lowest BCUT2D eigenvalue weighted by atomic mass is 10.3. The van der Waals surface area contributed by atoms with E-state index in [-0.39, 0.29) is 0 Å². The van der Waals surface area contributed by atoms with Gasteiger partial charge >= 0.3 is 0 Å². The average molecular weight is 229 g/mol. The molecule has 0 N–H and O–H groups in total. The number of nitrogens with zero attached hydrogens (tertiary/aromatic N) is 3. The fourth-order valence-electron chi connectivity index (χ4n) is 1.56. The molecule has 2 aromatic rings. The summed E-state index contributed by atoms with van der Waals surface area (Å²) in [7, 11) is 1.65. The largest absolute Gasteiger partial charge is 0.494 e. The molecule has 0 saturated heterocycles. The molecule has 0 saturated carbocycles. The van der Waals surface area contributed by atoms with Gasteiger partial charge in [0.15, 0.2) is 0 Å². The smallest absolute Gasteiger partial charge is 0.144 e. The molecule has 0 aliphatic carbocycles. The third-order valence-electron chi connectivity index (χ3n) is 2.52. The van der Waals surface area contributed by atoms with E-state index in [9.17, 15) is 0 Å². The van der Waals surface area contributed by atoms with E-state index in [0.717, 1.165) is 17.3 Å². The Kier molecular flexibility index (Phi) is 3.55. The minimum Gasteiger partial charge on any atom is -0.494 e. The summed E-state index contributed by atoms with van der Waals surface area (Å²) in [6.45, 7) is 2.68. The van der Waals surface area contributed by atoms with Gasteiger partial charge in [-0.15, -0.1) is 0 Å². The molecule has 0 spiro atoms. The van der Waals surface area contributed by atoms with Gasteiger partial charge in [0.25, 0.3) is 0 Å². The predicted octanol–water partition coefficient (Wildman–Crippen LogP) is 2.60. The Morgan fingerprint density at radius 1 is 1.41 bits per heavy atom. The Morgan fingerprint density at radius 2 is 2.24 bits per heavy atom. The molecule has 0 unspecified atom stereocenters. The quantitative estimate of drug-likeness (QED) is 0.756. The number of para-hydroxylation sites is 2. The zero-order valence-electron chi connectivity index (χ0n) is 10.00. The van der Waals surface area contributed by atoms with Crippen molar-refractivity contribution in [1.82, 2.24) is 9.55 Å². The first-order valence-corrected chi connectivity index (χ1v) is 5.44. The van der Waals surface area contributed by atoms with Crippen molar-refractivity contribution in [3.63, 3.8) is 0 Å². The van der Waals surface area contributed by atoms with E-state index < -0.39 is 0 Å². The molecule has 0 amide bonds. The van der Waals surface area contributed by atoms with Crippen molar-refractivity contribution in [1.29, 1.82) is 0 Å². The van der Waals surface area contributed by atoms with Crippen LogP contribution in [0.1, 0.15) is 5.82 Å². The second-order valence-corrected chi connectivity index (χ2v) is 3.61. The van der Waals surface area contributed by atoms with Gasteiger partial charge < -0.3 is 9.30 Å². The summed E-state index contributed by atoms with van der Waals surface area (Å²) in [6, 6.07) is 7.70. The molecule has 0 bridgehead atoms. The third kappa shape index (κ3) is 2.72. The van der Waals surface area contributed by atoms with Crippen LogP contribution < -0.4 is 4.74 Å². The summed E-state index contributed by atoms with van der Waals surface area (Å²) in [5.74, 6) is 1.77. The van der Waals surface area contributed by atoms with Crippen LogP contribution in [-0.4, -0.2) is 22.9 Å². The van der Waals surface area contributed by atoms with Gasteiger partial charge in [0.05, 0.1) is 13.7 Å². The molecular weight excluding hydrogens is 214 g/mol. The predicted molar refractivity (Wildman–Crippen MR) is 68.1 cm³/mol. The minimum atomic E-state index is 0.712. The molecule has 88 valence electrons. The van der Waals surface area contributed by atoms with Crippen LogP contribution in [0, 0.1) is 6.92 Å². The lowest BCUT2D eigenvalue weighted by Gasteiger charge is -2.03. The minimum absolute atomic E-state index is 0.712. The molecule has 0 radical (unpaired) electrons. The Balaban J connectivity index is 2.08. The number of aromatic nitrogens is 2. The number of ether oxygens (including phenoxy) is 1. The highest BCUT2D eigenvalue weighted by molar-refractivity contribution is 5.66. The number of aryl methyl sites for hydroxylation is 1. The summed E-state index contributed by atoms with van der Waals surface area (Å²) in [6.07, 6.45) is 5.57. The maximum Gasteiger partial charge on any atom is 0.144 e. The van der Waals surface area contributed by atoms with Crippen LogP contribution >= 0.6 is 0 Å². The van der Waals surface area contributed by atoms with Gasteiger partial charge in [-0.2, -0.15) is 0 Å². The lowest BCUT2D eigenvalue weighted by Crippen LogP contribution is -1.99. The van der Waals surface area contributed by atoms with E-state index in [2.05, 4.69) is 9.98 Å². The molecule has 0 atom stereocenters. The Hall–Kier alpha value is -2.10. The molecule has 1 heterocycles. The topological polar surface area (TPSA) is 39.4 Å². The number of methoxy groups -OCH3 is 1. The number of hydrogen-bond donors (Lipinski definition) is 0. The summed E-state index contributed by atoms with van der Waals surface area (Å²) in [5.41, 5.74) is 0.841. The Bertz CT molecular complexity index is 517. The van der Waals surface area contributed by atoms with Crippen LogP contribution in [0.25, 0.3) is 0 Å². The maximum atomic E-state index is 5.22. The second-order valence-electron chi connectivity index (χ2n) is 3.61. The first-order valence-electron chi connectivity index (χ1n) is 5.44. The SMILES string of the molecule is COc1ccccc1N=CCn1ccnc1C. The fraction of sp³-hybridized carbons (Fsp3) is 0.231. The van der Waals surface area contributed by atoms with Gasteiger partial charge in [-0.1, -0.05) is 12.1 Å². The van der Waals surface area contributed by atoms with Crippen LogP contribution in [0.3, 0.4) is 0 Å². The molecule has 1 aromatic carbocycles. The number of hydrogen-bond acceptors (Lipinski definition) is 3. The summed E-state index contributed by atoms with van der Waals surface area (Å²) in [4.78, 5) is 8.55. The Labute approximate surface area is 101 Å². The van der Waals surface area contributed by atoms with Gasteiger partial charge in [0.2, 0.25) is 0 Å². The molecule has 0 fully saturated rings. The van der Waals surface area contributed by atoms with E-state index >= 15 is 0 Å². The monoisotopic (exact) mass is 229 g/mol. The van der Waals surface area contributed by atoms with Crippen LogP contribution in [0.15, 0.2) is 41.7 Å². The molecular formula is C13H15N3O. The van der Waals surface area contributed by atoms with Crippen LogP contribution in [0.5, 0.6) is 5.75 Å². The molecule has 4 nitrogen and oxygen atoms in total. The van der Waals surface area contributed by atoms with Gasteiger partial charge in [-0.25, -0.2) is 4.98 Å². The first-order chi connectivity index (χ1) is 8.31. The van der Waals surface area contributed by atoms with Gasteiger partial charge in [0.1, 0.15) is 17.3 Å². The van der Waals surface area contributed by atoms with Crippen molar-refractivity contribution in [3.8, 4) is 5.75 Å². The van der Waals surface area contributed by atoms with Crippen molar-refractivity contribution in [2.24, 2.45) is 4.99 Å². The normalized spacial score (nSPS) is 10.9. The van der Waals surface area contributed by atoms with Crippen molar-refractivity contribution in [3.05, 3.63) is 42.5 Å². The standard InChI is InChI=1S/C13H15N3O/c1-11-14-7-9-16(11)10-8-15-12-5-3-4-6-13(12)17-2/h3-9H,10H2,1-2H3. The van der Waals surface area contributed by atoms with Crippen LogP contribution in [-0.2, 0) is 6.54 Å². The van der Waals surface area contributed by atoms with Crippen molar-refractivity contribution in [2.45, 2.75) is 13.5 Å². The summed E-state index contributed by atoms with van der Waals surface area (Å²) < 4.78 is 7.25. The molecule has 4 heteroatoms. The van der Waals surface area contributed by atoms with E-state index in [4.69, 9.17) is 4.74 Å². The fourth-order valence-corrected chi connectivity index (χ4v) is 1.56. The highest BCUT2D eigenvalue weighted by Crippen LogP contribution is 2.25. The van der Waals surface area contributed by atoms with Crippen LogP contribution in [0.2, 0.25) is 0 Å². The molecule has 1 aromatic heterocycles. The van der Waals surface area contributed by atoms with Gasteiger partial charge in [-0.05, 0) is 19.1 Å². The highest BCUT2D eigenvalue weighted by atomic mass is 16.5. The summed E-state index contributed by atoms with van der Waals surface area (Å²) in [5, 5.41) is 0. The molecule has 0 aliphatic heterocycles. The van der Waals surface area contributed by atoms with Crippen LogP contribution in [0.4, 0.5) is 5.69 Å². The maximum absolute atomic E-state index is 5.22. The number of aliphatic imine (C=N–C) groups is 1. The van der Waals surface area contributed by atoms with Crippen molar-refractivity contribution >= 4 is 11.9 Å². The number of benzene rings is 1. The third-order valence-corrected chi connectivity index (χ3v) is 2.52. The second kappa shape index (κ2) is 5.30. The average Bonchev–Trinajstić information content (AvgIpc) is 2.76. The zero-order valence-corrected chi connectivity index (χ0v) is 10.00. The van der Waals surface area contributed by atoms with E-state index in [1.54, 1.807) is 13.3 Å².